The van der Waals surface area contributed by atoms with Gasteiger partial charge in [-0.05, 0) is 49.6 Å². The highest BCUT2D eigenvalue weighted by Crippen LogP contribution is 2.60. The molecule has 10 heteroatoms. The molecular weight excluding hydrogens is 425 g/mol. The van der Waals surface area contributed by atoms with Gasteiger partial charge in [0, 0.05) is 29.8 Å². The van der Waals surface area contributed by atoms with Crippen LogP contribution in [0.15, 0.2) is 36.4 Å². The van der Waals surface area contributed by atoms with Crippen molar-refractivity contribution in [3.05, 3.63) is 52.8 Å². The molecule has 2 bridgehead atoms. The zero-order chi connectivity index (χ0) is 21.8. The maximum absolute atomic E-state index is 13.4. The molecule has 2 amide bonds. The van der Waals surface area contributed by atoms with Gasteiger partial charge in [-0.15, -0.1) is 5.10 Å². The maximum Gasteiger partial charge on any atom is 0.258 e. The summed E-state index contributed by atoms with van der Waals surface area (Å²) < 4.78 is 20.4. The summed E-state index contributed by atoms with van der Waals surface area (Å²) in [6.07, 6.45) is 2.00. The summed E-state index contributed by atoms with van der Waals surface area (Å²) in [5.74, 6) is -0.822. The normalized spacial score (nSPS) is 23.6. The molecule has 1 aromatic heterocycles. The molecule has 1 heterocycles. The van der Waals surface area contributed by atoms with E-state index in [1.807, 2.05) is 6.07 Å². The van der Waals surface area contributed by atoms with E-state index in [1.165, 1.54) is 12.1 Å². The van der Waals surface area contributed by atoms with Crippen LogP contribution in [0.1, 0.15) is 29.6 Å². The van der Waals surface area contributed by atoms with Crippen molar-refractivity contribution in [2.75, 3.05) is 6.61 Å². The number of hydrogen-bond donors (Lipinski definition) is 2. The Hall–Kier alpha value is -3.20. The van der Waals surface area contributed by atoms with Gasteiger partial charge >= 0.3 is 0 Å². The summed E-state index contributed by atoms with van der Waals surface area (Å²) in [5, 5.41) is 14.0. The summed E-state index contributed by atoms with van der Waals surface area (Å²) in [4.78, 5) is 24.9. The number of aromatic nitrogens is 3. The Balaban J connectivity index is 1.12. The fourth-order valence-electron chi connectivity index (χ4n) is 4.60. The predicted molar refractivity (Wildman–Crippen MR) is 110 cm³/mol. The average Bonchev–Trinajstić information content (AvgIpc) is 3.06. The first kappa shape index (κ1) is 19.7. The fourth-order valence-corrected chi connectivity index (χ4v) is 4.71. The van der Waals surface area contributed by atoms with Gasteiger partial charge in [-0.3, -0.25) is 9.59 Å². The molecular formula is C21H19ClFN5O3. The minimum atomic E-state index is -0.602. The molecule has 31 heavy (non-hydrogen) atoms. The minimum Gasteiger partial charge on any atom is -0.484 e. The SMILES string of the molecule is Cn1nnc2cc(C(=O)NC34CC(NC(=O)COc5ccc(Cl)c(F)c5)(C3)C4)ccc21. The largest absolute Gasteiger partial charge is 0.484 e. The smallest absolute Gasteiger partial charge is 0.258 e. The number of aryl methyl sites for hydroxylation is 1. The van der Waals surface area contributed by atoms with Crippen LogP contribution in [-0.4, -0.2) is 44.5 Å². The first-order valence-electron chi connectivity index (χ1n) is 9.77. The average molecular weight is 444 g/mol. The van der Waals surface area contributed by atoms with E-state index < -0.39 is 5.82 Å². The number of carbonyl (C=O) groups excluding carboxylic acids is 2. The standard InChI is InChI=1S/C21H19ClFN5O3/c1-28-17-5-2-12(6-16(17)26-27-28)19(30)25-21-9-20(10-21,11-21)24-18(29)8-31-13-3-4-14(22)15(23)7-13/h2-7H,8-11H2,1H3,(H,24,29)(H,25,30). The van der Waals surface area contributed by atoms with Crippen molar-refractivity contribution in [2.45, 2.75) is 30.3 Å². The first-order chi connectivity index (χ1) is 14.8. The number of benzene rings is 2. The van der Waals surface area contributed by atoms with Gasteiger partial charge < -0.3 is 15.4 Å². The molecule has 0 atom stereocenters. The second-order valence-corrected chi connectivity index (χ2v) is 8.78. The molecule has 160 valence electrons. The number of rotatable bonds is 6. The van der Waals surface area contributed by atoms with Crippen molar-refractivity contribution in [1.29, 1.82) is 0 Å². The lowest BCUT2D eigenvalue weighted by atomic mass is 9.44. The maximum atomic E-state index is 13.4. The molecule has 0 radical (unpaired) electrons. The van der Waals surface area contributed by atoms with Crippen molar-refractivity contribution in [2.24, 2.45) is 7.05 Å². The molecule has 3 saturated carbocycles. The molecule has 3 aromatic rings. The van der Waals surface area contributed by atoms with Crippen molar-refractivity contribution in [3.8, 4) is 5.75 Å². The number of ether oxygens (including phenoxy) is 1. The molecule has 3 aliphatic carbocycles. The van der Waals surface area contributed by atoms with Gasteiger partial charge in [0.1, 0.15) is 17.1 Å². The van der Waals surface area contributed by atoms with Crippen LogP contribution in [-0.2, 0) is 11.8 Å². The number of hydrogen-bond acceptors (Lipinski definition) is 5. The third-order valence-electron chi connectivity index (χ3n) is 5.95. The molecule has 2 N–H and O–H groups in total. The Kier molecular flexibility index (Phi) is 4.40. The molecule has 2 aromatic carbocycles. The van der Waals surface area contributed by atoms with Gasteiger partial charge in [-0.25, -0.2) is 9.07 Å². The summed E-state index contributed by atoms with van der Waals surface area (Å²) in [6, 6.07) is 9.31. The van der Waals surface area contributed by atoms with Gasteiger partial charge in [-0.2, -0.15) is 0 Å². The van der Waals surface area contributed by atoms with Gasteiger partial charge in [0.15, 0.2) is 6.61 Å². The van der Waals surface area contributed by atoms with Crippen LogP contribution >= 0.6 is 11.6 Å². The van der Waals surface area contributed by atoms with Gasteiger partial charge in [-0.1, -0.05) is 16.8 Å². The Labute approximate surface area is 181 Å². The number of nitrogens with zero attached hydrogens (tertiary/aromatic N) is 3. The predicted octanol–water partition coefficient (Wildman–Crippen LogP) is 2.36. The summed E-state index contributed by atoms with van der Waals surface area (Å²) in [6.45, 7) is -0.222. The number of amides is 2. The summed E-state index contributed by atoms with van der Waals surface area (Å²) in [5.41, 5.74) is 1.44. The van der Waals surface area contributed by atoms with Crippen LogP contribution in [0, 0.1) is 5.82 Å². The highest BCUT2D eigenvalue weighted by Gasteiger charge is 2.69. The Morgan fingerprint density at radius 3 is 2.65 bits per heavy atom. The topological polar surface area (TPSA) is 98.1 Å². The lowest BCUT2D eigenvalue weighted by Gasteiger charge is -2.70. The first-order valence-corrected chi connectivity index (χ1v) is 10.2. The van der Waals surface area contributed by atoms with Crippen LogP contribution in [0.4, 0.5) is 4.39 Å². The highest BCUT2D eigenvalue weighted by atomic mass is 35.5. The molecule has 0 unspecified atom stereocenters. The van der Waals surface area contributed by atoms with Gasteiger partial charge in [0.2, 0.25) is 0 Å². The molecule has 0 spiro atoms. The second-order valence-electron chi connectivity index (χ2n) is 8.37. The van der Waals surface area contributed by atoms with E-state index in [4.69, 9.17) is 16.3 Å². The Morgan fingerprint density at radius 1 is 1.16 bits per heavy atom. The number of halogens is 2. The Morgan fingerprint density at radius 2 is 1.90 bits per heavy atom. The lowest BCUT2D eigenvalue weighted by molar-refractivity contribution is -0.141. The van der Waals surface area contributed by atoms with Crippen LogP contribution in [0.5, 0.6) is 5.75 Å². The van der Waals surface area contributed by atoms with E-state index in [-0.39, 0.29) is 40.3 Å². The third-order valence-corrected chi connectivity index (χ3v) is 6.25. The highest BCUT2D eigenvalue weighted by molar-refractivity contribution is 6.30. The quantitative estimate of drug-likeness (QED) is 0.609. The van der Waals surface area contributed by atoms with Crippen molar-refractivity contribution < 1.29 is 18.7 Å². The lowest BCUT2D eigenvalue weighted by Crippen LogP contribution is -2.84. The molecule has 6 rings (SSSR count). The van der Waals surface area contributed by atoms with E-state index in [1.54, 1.807) is 23.9 Å². The summed E-state index contributed by atoms with van der Waals surface area (Å²) >= 11 is 5.63. The van der Waals surface area contributed by atoms with Crippen LogP contribution in [0.2, 0.25) is 5.02 Å². The minimum absolute atomic E-state index is 0.00497. The molecule has 8 nitrogen and oxygen atoms in total. The van der Waals surface area contributed by atoms with Crippen LogP contribution < -0.4 is 15.4 Å². The van der Waals surface area contributed by atoms with E-state index in [0.717, 1.165) is 11.6 Å². The Bertz CT molecular complexity index is 1210. The van der Waals surface area contributed by atoms with Crippen LogP contribution in [0.25, 0.3) is 11.0 Å². The van der Waals surface area contributed by atoms with Crippen molar-refractivity contribution in [1.82, 2.24) is 25.6 Å². The zero-order valence-electron chi connectivity index (χ0n) is 16.6. The molecule has 3 aliphatic rings. The number of nitrogens with one attached hydrogen (secondary N) is 2. The number of fused-ring (bicyclic) bond motifs is 1. The fraction of sp³-hybridized carbons (Fsp3) is 0.333. The van der Waals surface area contributed by atoms with Gasteiger partial charge in [0.05, 0.1) is 10.5 Å². The number of carbonyl (C=O) groups is 2. The molecule has 0 aliphatic heterocycles. The third kappa shape index (κ3) is 3.48. The summed E-state index contributed by atoms with van der Waals surface area (Å²) in [7, 11) is 1.80. The molecule has 0 saturated heterocycles. The zero-order valence-corrected chi connectivity index (χ0v) is 17.4. The van der Waals surface area contributed by atoms with Crippen molar-refractivity contribution >= 4 is 34.4 Å². The van der Waals surface area contributed by atoms with Crippen LogP contribution in [0.3, 0.4) is 0 Å². The monoisotopic (exact) mass is 443 g/mol. The van der Waals surface area contributed by atoms with E-state index in [9.17, 15) is 14.0 Å². The molecule has 3 fully saturated rings. The van der Waals surface area contributed by atoms with Crippen molar-refractivity contribution in [3.63, 3.8) is 0 Å². The van der Waals surface area contributed by atoms with E-state index in [2.05, 4.69) is 20.9 Å². The van der Waals surface area contributed by atoms with E-state index >= 15 is 0 Å². The second kappa shape index (κ2) is 6.91. The van der Waals surface area contributed by atoms with Gasteiger partial charge in [0.25, 0.3) is 11.8 Å². The van der Waals surface area contributed by atoms with E-state index in [0.29, 0.717) is 30.3 Å².